The van der Waals surface area contributed by atoms with E-state index >= 15 is 0 Å². The van der Waals surface area contributed by atoms with E-state index in [2.05, 4.69) is 6.07 Å². The van der Waals surface area contributed by atoms with Crippen LogP contribution in [0.4, 0.5) is 0 Å². The highest BCUT2D eigenvalue weighted by Crippen LogP contribution is 2.20. The molecule has 0 aliphatic carbocycles. The van der Waals surface area contributed by atoms with Crippen LogP contribution in [-0.4, -0.2) is 29.5 Å². The van der Waals surface area contributed by atoms with Gasteiger partial charge in [-0.25, -0.2) is 0 Å². The summed E-state index contributed by atoms with van der Waals surface area (Å²) in [5.74, 6) is 0.113. The number of aromatic hydroxyl groups is 1. The van der Waals surface area contributed by atoms with Gasteiger partial charge in [-0.3, -0.25) is 4.79 Å². The number of phenols is 1. The van der Waals surface area contributed by atoms with Gasteiger partial charge in [0, 0.05) is 29.6 Å². The lowest BCUT2D eigenvalue weighted by molar-refractivity contribution is 0.0795. The maximum absolute atomic E-state index is 12.3. The fourth-order valence-electron chi connectivity index (χ4n) is 1.90. The molecule has 4 heteroatoms. The van der Waals surface area contributed by atoms with Gasteiger partial charge in [0.25, 0.3) is 5.91 Å². The molecule has 0 radical (unpaired) electrons. The van der Waals surface area contributed by atoms with Crippen LogP contribution in [0, 0.1) is 6.92 Å². The molecule has 0 aliphatic heterocycles. The molecule has 0 bridgehead atoms. The fourth-order valence-corrected chi connectivity index (χ4v) is 2.59. The third kappa shape index (κ3) is 3.15. The minimum Gasteiger partial charge on any atom is -0.508 e. The van der Waals surface area contributed by atoms with Crippen LogP contribution in [-0.2, 0) is 6.42 Å². The van der Waals surface area contributed by atoms with Crippen LogP contribution in [0.2, 0.25) is 0 Å². The Morgan fingerprint density at radius 3 is 2.79 bits per heavy atom. The van der Waals surface area contributed by atoms with Crippen LogP contribution in [0.3, 0.4) is 0 Å². The number of rotatable bonds is 4. The number of carbonyl (C=O) groups is 1. The highest BCUT2D eigenvalue weighted by Gasteiger charge is 2.15. The third-order valence-electron chi connectivity index (χ3n) is 3.16. The Labute approximate surface area is 117 Å². The summed E-state index contributed by atoms with van der Waals surface area (Å²) in [5, 5.41) is 11.7. The van der Waals surface area contributed by atoms with Crippen molar-refractivity contribution in [3.05, 3.63) is 51.7 Å². The Morgan fingerprint density at radius 2 is 2.11 bits per heavy atom. The molecule has 19 heavy (non-hydrogen) atoms. The van der Waals surface area contributed by atoms with Gasteiger partial charge in [0.1, 0.15) is 5.75 Å². The molecule has 0 atom stereocenters. The smallest absolute Gasteiger partial charge is 0.254 e. The third-order valence-corrected chi connectivity index (χ3v) is 4.09. The van der Waals surface area contributed by atoms with E-state index in [1.165, 1.54) is 4.88 Å². The summed E-state index contributed by atoms with van der Waals surface area (Å²) in [6, 6.07) is 9.13. The Bertz CT molecular complexity index is 564. The Hall–Kier alpha value is -1.81. The van der Waals surface area contributed by atoms with Crippen molar-refractivity contribution in [2.24, 2.45) is 0 Å². The summed E-state index contributed by atoms with van der Waals surface area (Å²) >= 11 is 1.70. The van der Waals surface area contributed by atoms with Crippen LogP contribution in [0.5, 0.6) is 5.75 Å². The van der Waals surface area contributed by atoms with Crippen molar-refractivity contribution in [2.75, 3.05) is 13.6 Å². The lowest BCUT2D eigenvalue weighted by atomic mass is 10.1. The van der Waals surface area contributed by atoms with Crippen molar-refractivity contribution in [3.8, 4) is 5.75 Å². The average molecular weight is 275 g/mol. The minimum atomic E-state index is -0.0510. The molecular weight excluding hydrogens is 258 g/mol. The Kier molecular flexibility index (Phi) is 4.22. The van der Waals surface area contributed by atoms with Gasteiger partial charge in [0.15, 0.2) is 0 Å². The molecule has 0 unspecified atom stereocenters. The highest BCUT2D eigenvalue weighted by molar-refractivity contribution is 7.09. The minimum absolute atomic E-state index is 0.0510. The van der Waals surface area contributed by atoms with Crippen LogP contribution in [0.25, 0.3) is 0 Å². The summed E-state index contributed by atoms with van der Waals surface area (Å²) < 4.78 is 0. The number of amides is 1. The van der Waals surface area contributed by atoms with E-state index < -0.39 is 0 Å². The monoisotopic (exact) mass is 275 g/mol. The maximum atomic E-state index is 12.3. The van der Waals surface area contributed by atoms with E-state index in [9.17, 15) is 9.90 Å². The average Bonchev–Trinajstić information content (AvgIpc) is 2.91. The van der Waals surface area contributed by atoms with Crippen LogP contribution in [0.1, 0.15) is 20.8 Å². The highest BCUT2D eigenvalue weighted by atomic mass is 32.1. The Morgan fingerprint density at radius 1 is 1.32 bits per heavy atom. The SMILES string of the molecule is Cc1c(O)cccc1C(=O)N(C)CCc1cccs1. The molecular formula is C15H17NO2S. The maximum Gasteiger partial charge on any atom is 0.254 e. The zero-order valence-electron chi connectivity index (χ0n) is 11.1. The topological polar surface area (TPSA) is 40.5 Å². The van der Waals surface area contributed by atoms with Gasteiger partial charge < -0.3 is 10.0 Å². The molecule has 0 saturated carbocycles. The number of nitrogens with zero attached hydrogens (tertiary/aromatic N) is 1. The number of likely N-dealkylation sites (N-methyl/N-ethyl adjacent to an activating group) is 1. The molecule has 2 rings (SSSR count). The molecule has 100 valence electrons. The van der Waals surface area contributed by atoms with E-state index in [1.807, 2.05) is 11.4 Å². The Balaban J connectivity index is 2.04. The summed E-state index contributed by atoms with van der Waals surface area (Å²) in [5.41, 5.74) is 1.20. The van der Waals surface area contributed by atoms with Crippen molar-refractivity contribution in [2.45, 2.75) is 13.3 Å². The lowest BCUT2D eigenvalue weighted by Gasteiger charge is -2.18. The fraction of sp³-hybridized carbons (Fsp3) is 0.267. The number of hydrogen-bond acceptors (Lipinski definition) is 3. The molecule has 1 amide bonds. The first-order chi connectivity index (χ1) is 9.09. The first kappa shape index (κ1) is 13.6. The number of thiophene rings is 1. The summed E-state index contributed by atoms with van der Waals surface area (Å²) in [7, 11) is 1.79. The van der Waals surface area contributed by atoms with Gasteiger partial charge in [-0.1, -0.05) is 12.1 Å². The number of phenolic OH excluding ortho intramolecular Hbond substituents is 1. The van der Waals surface area contributed by atoms with Gasteiger partial charge in [-0.15, -0.1) is 11.3 Å². The predicted octanol–water partition coefficient (Wildman–Crippen LogP) is 3.08. The molecule has 0 aliphatic rings. The van der Waals surface area contributed by atoms with Gasteiger partial charge in [0.2, 0.25) is 0 Å². The first-order valence-electron chi connectivity index (χ1n) is 6.16. The quantitative estimate of drug-likeness (QED) is 0.931. The van der Waals surface area contributed by atoms with Gasteiger partial charge in [-0.05, 0) is 36.9 Å². The summed E-state index contributed by atoms with van der Waals surface area (Å²) in [6.45, 7) is 2.43. The second-order valence-electron chi connectivity index (χ2n) is 4.51. The number of benzene rings is 1. The second kappa shape index (κ2) is 5.89. The normalized spacial score (nSPS) is 10.4. The lowest BCUT2D eigenvalue weighted by Crippen LogP contribution is -2.29. The van der Waals surface area contributed by atoms with E-state index in [0.29, 0.717) is 17.7 Å². The summed E-state index contributed by atoms with van der Waals surface area (Å²) in [6.07, 6.45) is 0.859. The van der Waals surface area contributed by atoms with E-state index in [4.69, 9.17) is 0 Å². The number of carbonyl (C=O) groups excluding carboxylic acids is 1. The first-order valence-corrected chi connectivity index (χ1v) is 7.04. The van der Waals surface area contributed by atoms with Gasteiger partial charge >= 0.3 is 0 Å². The zero-order chi connectivity index (χ0) is 13.8. The molecule has 3 nitrogen and oxygen atoms in total. The van der Waals surface area contributed by atoms with Crippen molar-refractivity contribution >= 4 is 17.2 Å². The zero-order valence-corrected chi connectivity index (χ0v) is 11.9. The van der Waals surface area contributed by atoms with Crippen molar-refractivity contribution in [1.29, 1.82) is 0 Å². The van der Waals surface area contributed by atoms with Crippen molar-refractivity contribution < 1.29 is 9.90 Å². The number of hydrogen-bond donors (Lipinski definition) is 1. The predicted molar refractivity (Wildman–Crippen MR) is 77.8 cm³/mol. The van der Waals surface area contributed by atoms with Gasteiger partial charge in [0.05, 0.1) is 0 Å². The standard InChI is InChI=1S/C15H17NO2S/c1-11-13(6-3-7-14(11)17)15(18)16(2)9-8-12-5-4-10-19-12/h3-7,10,17H,8-9H2,1-2H3. The van der Waals surface area contributed by atoms with E-state index in [-0.39, 0.29) is 11.7 Å². The van der Waals surface area contributed by atoms with Crippen LogP contribution >= 0.6 is 11.3 Å². The molecule has 1 aromatic carbocycles. The second-order valence-corrected chi connectivity index (χ2v) is 5.54. The molecule has 2 aromatic rings. The van der Waals surface area contributed by atoms with Gasteiger partial charge in [-0.2, -0.15) is 0 Å². The molecule has 1 heterocycles. The van der Waals surface area contributed by atoms with Crippen molar-refractivity contribution in [3.63, 3.8) is 0 Å². The molecule has 1 aromatic heterocycles. The molecule has 0 fully saturated rings. The molecule has 0 spiro atoms. The van der Waals surface area contributed by atoms with Crippen LogP contribution in [0.15, 0.2) is 35.7 Å². The summed E-state index contributed by atoms with van der Waals surface area (Å²) in [4.78, 5) is 15.3. The largest absolute Gasteiger partial charge is 0.508 e. The molecule has 1 N–H and O–H groups in total. The van der Waals surface area contributed by atoms with E-state index in [0.717, 1.165) is 6.42 Å². The molecule has 0 saturated heterocycles. The van der Waals surface area contributed by atoms with Crippen LogP contribution < -0.4 is 0 Å². The van der Waals surface area contributed by atoms with E-state index in [1.54, 1.807) is 48.4 Å². The van der Waals surface area contributed by atoms with Crippen molar-refractivity contribution in [1.82, 2.24) is 4.90 Å².